The standard InChI is InChI=1S/C29H36N4O5/c1-29(2,3)26(19-37-28(30)35)38-23-12-8-20(9-13-23)25-18-24(27(34)32-16-6-5-7-17-32)31-33(25)21-10-14-22(36-4)15-11-21/h8-15,18,26H,5-7,16-17,19H2,1-4H3,(H2,30,35). The van der Waals surface area contributed by atoms with E-state index in [0.717, 1.165) is 55.0 Å². The summed E-state index contributed by atoms with van der Waals surface area (Å²) in [5.74, 6) is 1.31. The zero-order valence-corrected chi connectivity index (χ0v) is 22.5. The van der Waals surface area contributed by atoms with Gasteiger partial charge in [-0.25, -0.2) is 9.48 Å². The van der Waals surface area contributed by atoms with Crippen molar-refractivity contribution in [3.8, 4) is 28.4 Å². The number of nitrogens with zero attached hydrogens (tertiary/aromatic N) is 3. The van der Waals surface area contributed by atoms with Crippen molar-refractivity contribution in [3.63, 3.8) is 0 Å². The number of nitrogens with two attached hydrogens (primary N) is 1. The van der Waals surface area contributed by atoms with Gasteiger partial charge in [-0.2, -0.15) is 5.10 Å². The Morgan fingerprint density at radius 2 is 1.61 bits per heavy atom. The van der Waals surface area contributed by atoms with E-state index in [1.54, 1.807) is 11.8 Å². The summed E-state index contributed by atoms with van der Waals surface area (Å²) in [7, 11) is 1.62. The zero-order chi connectivity index (χ0) is 27.3. The molecule has 0 aliphatic carbocycles. The summed E-state index contributed by atoms with van der Waals surface area (Å²) in [6.45, 7) is 7.57. The molecular weight excluding hydrogens is 484 g/mol. The second-order valence-electron chi connectivity index (χ2n) is 10.5. The molecule has 9 nitrogen and oxygen atoms in total. The van der Waals surface area contributed by atoms with Gasteiger partial charge in [0, 0.05) is 24.1 Å². The maximum Gasteiger partial charge on any atom is 0.404 e. The average molecular weight is 521 g/mol. The fraction of sp³-hybridized carbons (Fsp3) is 0.414. The Labute approximate surface area is 223 Å². The van der Waals surface area contributed by atoms with Gasteiger partial charge >= 0.3 is 6.09 Å². The molecule has 0 saturated carbocycles. The van der Waals surface area contributed by atoms with Crippen LogP contribution in [0.4, 0.5) is 4.79 Å². The summed E-state index contributed by atoms with van der Waals surface area (Å²) >= 11 is 0. The van der Waals surface area contributed by atoms with E-state index in [1.807, 2.05) is 80.3 Å². The fourth-order valence-electron chi connectivity index (χ4n) is 4.36. The van der Waals surface area contributed by atoms with Crippen LogP contribution in [0.5, 0.6) is 11.5 Å². The van der Waals surface area contributed by atoms with Crippen molar-refractivity contribution in [2.75, 3.05) is 26.8 Å². The van der Waals surface area contributed by atoms with E-state index in [4.69, 9.17) is 25.0 Å². The van der Waals surface area contributed by atoms with Crippen molar-refractivity contribution in [1.82, 2.24) is 14.7 Å². The SMILES string of the molecule is COc1ccc(-n2nc(C(=O)N3CCCCC3)cc2-c2ccc(OC(COC(N)=O)C(C)(C)C)cc2)cc1. The van der Waals surface area contributed by atoms with Gasteiger partial charge in [0.15, 0.2) is 5.69 Å². The van der Waals surface area contributed by atoms with Gasteiger partial charge in [-0.15, -0.1) is 0 Å². The van der Waals surface area contributed by atoms with Gasteiger partial charge < -0.3 is 24.8 Å². The molecule has 1 fully saturated rings. The highest BCUT2D eigenvalue weighted by Gasteiger charge is 2.28. The van der Waals surface area contributed by atoms with E-state index in [2.05, 4.69) is 0 Å². The molecular formula is C29H36N4O5. The average Bonchev–Trinajstić information content (AvgIpc) is 3.36. The third-order valence-corrected chi connectivity index (χ3v) is 6.66. The van der Waals surface area contributed by atoms with E-state index in [1.165, 1.54) is 0 Å². The maximum absolute atomic E-state index is 13.3. The number of piperidine rings is 1. The first-order chi connectivity index (χ1) is 18.2. The number of hydrogen-bond acceptors (Lipinski definition) is 6. The van der Waals surface area contributed by atoms with Crippen molar-refractivity contribution in [1.29, 1.82) is 0 Å². The molecule has 38 heavy (non-hydrogen) atoms. The molecule has 1 unspecified atom stereocenters. The Morgan fingerprint density at radius 1 is 0.974 bits per heavy atom. The minimum Gasteiger partial charge on any atom is -0.497 e. The van der Waals surface area contributed by atoms with Crippen LogP contribution in [0.2, 0.25) is 0 Å². The fourth-order valence-corrected chi connectivity index (χ4v) is 4.36. The predicted molar refractivity (Wildman–Crippen MR) is 145 cm³/mol. The molecule has 1 saturated heterocycles. The summed E-state index contributed by atoms with van der Waals surface area (Å²) in [6.07, 6.45) is 1.95. The topological polar surface area (TPSA) is 109 Å². The van der Waals surface area contributed by atoms with Crippen LogP contribution in [0.1, 0.15) is 50.5 Å². The van der Waals surface area contributed by atoms with Crippen LogP contribution in [0.25, 0.3) is 16.9 Å². The van der Waals surface area contributed by atoms with Crippen molar-refractivity contribution >= 4 is 12.0 Å². The largest absolute Gasteiger partial charge is 0.497 e. The monoisotopic (exact) mass is 520 g/mol. The van der Waals surface area contributed by atoms with Gasteiger partial charge in [0.05, 0.1) is 18.5 Å². The molecule has 9 heteroatoms. The van der Waals surface area contributed by atoms with E-state index in [9.17, 15) is 9.59 Å². The number of carbonyl (C=O) groups is 2. The molecule has 202 valence electrons. The van der Waals surface area contributed by atoms with Crippen LogP contribution in [0.3, 0.4) is 0 Å². The number of rotatable bonds is 8. The Bertz CT molecular complexity index is 1240. The van der Waals surface area contributed by atoms with E-state index >= 15 is 0 Å². The van der Waals surface area contributed by atoms with Gasteiger partial charge in [0.25, 0.3) is 5.91 Å². The number of amides is 2. The zero-order valence-electron chi connectivity index (χ0n) is 22.5. The minimum absolute atomic E-state index is 0.0484. The second-order valence-corrected chi connectivity index (χ2v) is 10.5. The molecule has 4 rings (SSSR count). The number of hydrogen-bond donors (Lipinski definition) is 1. The smallest absolute Gasteiger partial charge is 0.404 e. The first-order valence-electron chi connectivity index (χ1n) is 12.9. The molecule has 1 atom stereocenters. The lowest BCUT2D eigenvalue weighted by molar-refractivity contribution is 0.0240. The lowest BCUT2D eigenvalue weighted by atomic mass is 9.89. The number of carbonyl (C=O) groups excluding carboxylic acids is 2. The van der Waals surface area contributed by atoms with Crippen LogP contribution in [0.15, 0.2) is 54.6 Å². The number of methoxy groups -OCH3 is 1. The Kier molecular flexibility index (Phi) is 8.24. The normalized spacial score (nSPS) is 14.6. The van der Waals surface area contributed by atoms with Gasteiger partial charge in [-0.1, -0.05) is 20.8 Å². The van der Waals surface area contributed by atoms with Gasteiger partial charge in [-0.3, -0.25) is 4.79 Å². The van der Waals surface area contributed by atoms with Crippen LogP contribution < -0.4 is 15.2 Å². The number of aromatic nitrogens is 2. The summed E-state index contributed by atoms with van der Waals surface area (Å²) in [4.78, 5) is 26.3. The van der Waals surface area contributed by atoms with Crippen molar-refractivity contribution in [3.05, 3.63) is 60.3 Å². The summed E-state index contributed by atoms with van der Waals surface area (Å²) in [6, 6.07) is 17.0. The molecule has 3 aromatic rings. The molecule has 2 aromatic carbocycles. The molecule has 1 aliphatic rings. The summed E-state index contributed by atoms with van der Waals surface area (Å²) in [5, 5.41) is 4.72. The highest BCUT2D eigenvalue weighted by molar-refractivity contribution is 5.93. The van der Waals surface area contributed by atoms with Crippen LogP contribution in [-0.4, -0.2) is 59.6 Å². The maximum atomic E-state index is 13.3. The lowest BCUT2D eigenvalue weighted by Gasteiger charge is -2.30. The quantitative estimate of drug-likeness (QED) is 0.445. The first-order valence-corrected chi connectivity index (χ1v) is 12.9. The third kappa shape index (κ3) is 6.45. The highest BCUT2D eigenvalue weighted by Crippen LogP contribution is 2.30. The Balaban J connectivity index is 1.64. The predicted octanol–water partition coefficient (Wildman–Crippen LogP) is 5.06. The molecule has 2 heterocycles. The van der Waals surface area contributed by atoms with Crippen LogP contribution in [0, 0.1) is 5.41 Å². The highest BCUT2D eigenvalue weighted by atomic mass is 16.6. The van der Waals surface area contributed by atoms with Gasteiger partial charge in [0.1, 0.15) is 24.2 Å². The number of ether oxygens (including phenoxy) is 3. The van der Waals surface area contributed by atoms with Crippen molar-refractivity contribution < 1.29 is 23.8 Å². The molecule has 0 radical (unpaired) electrons. The van der Waals surface area contributed by atoms with E-state index < -0.39 is 6.09 Å². The third-order valence-electron chi connectivity index (χ3n) is 6.66. The number of likely N-dealkylation sites (tertiary alicyclic amines) is 1. The minimum atomic E-state index is -0.833. The Morgan fingerprint density at radius 3 is 2.18 bits per heavy atom. The van der Waals surface area contributed by atoms with Gasteiger partial charge in [-0.05, 0) is 73.9 Å². The van der Waals surface area contributed by atoms with Crippen LogP contribution in [-0.2, 0) is 4.74 Å². The molecule has 2 amide bonds. The summed E-state index contributed by atoms with van der Waals surface area (Å²) in [5.41, 5.74) is 7.75. The molecule has 1 aromatic heterocycles. The van der Waals surface area contributed by atoms with Crippen molar-refractivity contribution in [2.24, 2.45) is 11.1 Å². The lowest BCUT2D eigenvalue weighted by Crippen LogP contribution is -2.37. The number of primary amides is 1. The molecule has 1 aliphatic heterocycles. The second kappa shape index (κ2) is 11.6. The van der Waals surface area contributed by atoms with Gasteiger partial charge in [0.2, 0.25) is 0 Å². The van der Waals surface area contributed by atoms with Crippen molar-refractivity contribution in [2.45, 2.75) is 46.1 Å². The number of benzene rings is 2. The molecule has 0 spiro atoms. The molecule has 2 N–H and O–H groups in total. The molecule has 0 bridgehead atoms. The summed E-state index contributed by atoms with van der Waals surface area (Å²) < 4.78 is 18.2. The Hall–Kier alpha value is -4.01. The van der Waals surface area contributed by atoms with Crippen LogP contribution >= 0.6 is 0 Å². The van der Waals surface area contributed by atoms with E-state index in [0.29, 0.717) is 11.4 Å². The van der Waals surface area contributed by atoms with E-state index in [-0.39, 0.29) is 24.0 Å². The first kappa shape index (κ1) is 27.0.